The summed E-state index contributed by atoms with van der Waals surface area (Å²) in [6.45, 7) is 2.09. The van der Waals surface area contributed by atoms with Gasteiger partial charge in [-0.15, -0.1) is 20.4 Å². The lowest BCUT2D eigenvalue weighted by Gasteiger charge is -1.96. The van der Waals surface area contributed by atoms with Crippen molar-refractivity contribution in [2.24, 2.45) is 0 Å². The zero-order chi connectivity index (χ0) is 15.4. The molecule has 0 spiro atoms. The summed E-state index contributed by atoms with van der Waals surface area (Å²) in [7, 11) is 0. The third-order valence-corrected chi connectivity index (χ3v) is 5.93. The van der Waals surface area contributed by atoms with Gasteiger partial charge in [-0.3, -0.25) is 0 Å². The van der Waals surface area contributed by atoms with Crippen molar-refractivity contribution in [1.82, 2.24) is 20.4 Å². The molecule has 3 rings (SSSR count). The summed E-state index contributed by atoms with van der Waals surface area (Å²) < 4.78 is 7.53. The zero-order valence-corrected chi connectivity index (χ0v) is 14.7. The first-order chi connectivity index (χ1) is 10.8. The molecular formula is C13H11ClN4OS3. The van der Waals surface area contributed by atoms with Crippen molar-refractivity contribution in [2.45, 2.75) is 21.4 Å². The summed E-state index contributed by atoms with van der Waals surface area (Å²) in [5.74, 6) is 2.52. The molecule has 0 aliphatic heterocycles. The molecule has 1 aromatic carbocycles. The van der Waals surface area contributed by atoms with E-state index >= 15 is 0 Å². The Bertz CT molecular complexity index is 761. The number of hydrogen-bond donors (Lipinski definition) is 0. The summed E-state index contributed by atoms with van der Waals surface area (Å²) in [6.07, 6.45) is 0. The van der Waals surface area contributed by atoms with Gasteiger partial charge in [0.2, 0.25) is 11.8 Å². The van der Waals surface area contributed by atoms with Gasteiger partial charge in [0.1, 0.15) is 0 Å². The van der Waals surface area contributed by atoms with Gasteiger partial charge in [0.25, 0.3) is 0 Å². The molecule has 5 nitrogen and oxygen atoms in total. The SMILES string of the molecule is CCSc1nnc(SCc2nnc(-c3ccccc3Cl)o2)s1. The average molecular weight is 371 g/mol. The van der Waals surface area contributed by atoms with Crippen molar-refractivity contribution in [3.05, 3.63) is 35.2 Å². The van der Waals surface area contributed by atoms with Crippen LogP contribution in [0.15, 0.2) is 37.4 Å². The van der Waals surface area contributed by atoms with Crippen LogP contribution in [-0.4, -0.2) is 26.1 Å². The van der Waals surface area contributed by atoms with Crippen molar-refractivity contribution in [2.75, 3.05) is 5.75 Å². The molecule has 9 heteroatoms. The fourth-order valence-corrected chi connectivity index (χ4v) is 4.59. The predicted molar refractivity (Wildman–Crippen MR) is 90.6 cm³/mol. The molecule has 0 bridgehead atoms. The molecule has 0 aliphatic rings. The zero-order valence-electron chi connectivity index (χ0n) is 11.5. The van der Waals surface area contributed by atoms with Crippen LogP contribution < -0.4 is 0 Å². The lowest BCUT2D eigenvalue weighted by atomic mass is 10.2. The van der Waals surface area contributed by atoms with Crippen LogP contribution in [-0.2, 0) is 5.75 Å². The molecule has 0 radical (unpaired) electrons. The van der Waals surface area contributed by atoms with Gasteiger partial charge in [0.05, 0.1) is 16.3 Å². The highest BCUT2D eigenvalue weighted by molar-refractivity contribution is 8.02. The minimum Gasteiger partial charge on any atom is -0.420 e. The van der Waals surface area contributed by atoms with Crippen molar-refractivity contribution in [1.29, 1.82) is 0 Å². The minimum atomic E-state index is 0.431. The van der Waals surface area contributed by atoms with E-state index in [4.69, 9.17) is 16.0 Å². The molecule has 0 amide bonds. The van der Waals surface area contributed by atoms with Crippen molar-refractivity contribution in [3.8, 4) is 11.5 Å². The number of hydrogen-bond acceptors (Lipinski definition) is 8. The van der Waals surface area contributed by atoms with E-state index in [0.717, 1.165) is 20.0 Å². The van der Waals surface area contributed by atoms with Gasteiger partial charge in [-0.2, -0.15) is 0 Å². The Morgan fingerprint density at radius 2 is 1.86 bits per heavy atom. The standard InChI is InChI=1S/C13H11ClN4OS3/c1-2-20-12-17-18-13(22-12)21-7-10-15-16-11(19-10)8-5-3-4-6-9(8)14/h3-6H,2,7H2,1H3. The van der Waals surface area contributed by atoms with Crippen molar-refractivity contribution < 1.29 is 4.42 Å². The molecular weight excluding hydrogens is 360 g/mol. The van der Waals surface area contributed by atoms with Gasteiger partial charge >= 0.3 is 0 Å². The molecule has 0 fully saturated rings. The minimum absolute atomic E-state index is 0.431. The van der Waals surface area contributed by atoms with E-state index in [1.807, 2.05) is 18.2 Å². The number of halogens is 1. The van der Waals surface area contributed by atoms with E-state index in [0.29, 0.717) is 22.6 Å². The Morgan fingerprint density at radius 1 is 1.09 bits per heavy atom. The average Bonchev–Trinajstić information content (AvgIpc) is 3.15. The van der Waals surface area contributed by atoms with Gasteiger partial charge < -0.3 is 4.42 Å². The second-order valence-corrected chi connectivity index (χ2v) is 8.15. The van der Waals surface area contributed by atoms with Crippen molar-refractivity contribution in [3.63, 3.8) is 0 Å². The Hall–Kier alpha value is -1.09. The summed E-state index contributed by atoms with van der Waals surface area (Å²) >= 11 is 10.9. The molecule has 3 aromatic rings. The summed E-state index contributed by atoms with van der Waals surface area (Å²) in [5.41, 5.74) is 0.741. The first-order valence-corrected chi connectivity index (χ1v) is 9.59. The molecule has 0 aliphatic carbocycles. The molecule has 0 saturated carbocycles. The Morgan fingerprint density at radius 3 is 2.64 bits per heavy atom. The van der Waals surface area contributed by atoms with E-state index in [9.17, 15) is 0 Å². The largest absolute Gasteiger partial charge is 0.420 e. The van der Waals surface area contributed by atoms with Crippen LogP contribution in [0.5, 0.6) is 0 Å². The lowest BCUT2D eigenvalue weighted by Crippen LogP contribution is -1.80. The lowest BCUT2D eigenvalue weighted by molar-refractivity contribution is 0.528. The maximum absolute atomic E-state index is 6.12. The smallest absolute Gasteiger partial charge is 0.249 e. The van der Waals surface area contributed by atoms with Gasteiger partial charge in [-0.25, -0.2) is 0 Å². The molecule has 0 unspecified atom stereocenters. The third kappa shape index (κ3) is 3.81. The van der Waals surface area contributed by atoms with Gasteiger partial charge in [-0.05, 0) is 17.9 Å². The molecule has 2 aromatic heterocycles. The highest BCUT2D eigenvalue weighted by Gasteiger charge is 2.13. The van der Waals surface area contributed by atoms with Crippen LogP contribution >= 0.6 is 46.5 Å². The number of nitrogens with zero attached hydrogens (tertiary/aromatic N) is 4. The Labute approximate surface area is 144 Å². The topological polar surface area (TPSA) is 64.7 Å². The van der Waals surface area contributed by atoms with E-state index in [1.165, 1.54) is 11.8 Å². The summed E-state index contributed by atoms with van der Waals surface area (Å²) in [6, 6.07) is 7.39. The number of thioether (sulfide) groups is 2. The van der Waals surface area contributed by atoms with Crippen LogP contribution in [0, 0.1) is 0 Å². The molecule has 0 saturated heterocycles. The number of rotatable bonds is 6. The van der Waals surface area contributed by atoms with E-state index in [1.54, 1.807) is 29.2 Å². The molecule has 0 atom stereocenters. The summed E-state index contributed by atoms with van der Waals surface area (Å²) in [4.78, 5) is 0. The van der Waals surface area contributed by atoms with Gasteiger partial charge in [-0.1, -0.05) is 65.5 Å². The van der Waals surface area contributed by atoms with Gasteiger partial charge in [0.15, 0.2) is 8.68 Å². The molecule has 114 valence electrons. The van der Waals surface area contributed by atoms with Crippen molar-refractivity contribution >= 4 is 46.5 Å². The van der Waals surface area contributed by atoms with Gasteiger partial charge in [0, 0.05) is 0 Å². The summed E-state index contributed by atoms with van der Waals surface area (Å²) in [5, 5.41) is 16.9. The molecule has 0 N–H and O–H groups in total. The van der Waals surface area contributed by atoms with Crippen LogP contribution in [0.1, 0.15) is 12.8 Å². The maximum Gasteiger partial charge on any atom is 0.249 e. The van der Waals surface area contributed by atoms with E-state index < -0.39 is 0 Å². The van der Waals surface area contributed by atoms with E-state index in [-0.39, 0.29) is 0 Å². The second-order valence-electron chi connectivity index (χ2n) is 4.04. The highest BCUT2D eigenvalue weighted by atomic mass is 35.5. The second kappa shape index (κ2) is 7.45. The Balaban J connectivity index is 1.65. The van der Waals surface area contributed by atoms with Crippen LogP contribution in [0.4, 0.5) is 0 Å². The fourth-order valence-electron chi connectivity index (χ4n) is 1.62. The molecule has 2 heterocycles. The highest BCUT2D eigenvalue weighted by Crippen LogP contribution is 2.31. The third-order valence-electron chi connectivity index (χ3n) is 2.55. The fraction of sp³-hybridized carbons (Fsp3) is 0.231. The maximum atomic E-state index is 6.12. The normalized spacial score (nSPS) is 11.0. The number of aromatic nitrogens is 4. The van der Waals surface area contributed by atoms with Crippen LogP contribution in [0.2, 0.25) is 5.02 Å². The number of benzene rings is 1. The first kappa shape index (κ1) is 15.8. The quantitative estimate of drug-likeness (QED) is 0.585. The monoisotopic (exact) mass is 370 g/mol. The Kier molecular flexibility index (Phi) is 5.35. The van der Waals surface area contributed by atoms with Crippen LogP contribution in [0.25, 0.3) is 11.5 Å². The van der Waals surface area contributed by atoms with E-state index in [2.05, 4.69) is 27.3 Å². The van der Waals surface area contributed by atoms with Crippen LogP contribution in [0.3, 0.4) is 0 Å². The predicted octanol–water partition coefficient (Wildman–Crippen LogP) is 4.65. The first-order valence-electron chi connectivity index (χ1n) is 6.42. The molecule has 22 heavy (non-hydrogen) atoms.